The molecule has 0 fully saturated rings. The average Bonchev–Trinajstić information content (AvgIpc) is 3.26. The van der Waals surface area contributed by atoms with Gasteiger partial charge in [-0.2, -0.15) is 0 Å². The zero-order valence-corrected chi connectivity index (χ0v) is 31.3. The summed E-state index contributed by atoms with van der Waals surface area (Å²) in [6, 6.07) is 61.1. The van der Waals surface area contributed by atoms with E-state index in [0.717, 1.165) is 88.2 Å². The van der Waals surface area contributed by atoms with Gasteiger partial charge >= 0.3 is 0 Å². The second-order valence-electron chi connectivity index (χ2n) is 12.8. The van der Waals surface area contributed by atoms with Gasteiger partial charge in [0.25, 0.3) is 0 Å². The summed E-state index contributed by atoms with van der Waals surface area (Å²) in [5, 5.41) is 6.88. The Bertz CT molecular complexity index is 2730. The number of pyridine rings is 6. The van der Waals surface area contributed by atoms with Crippen LogP contribution in [-0.2, 0) is 19.5 Å². The van der Waals surface area contributed by atoms with E-state index >= 15 is 0 Å². The Kier molecular flexibility index (Phi) is 11.5. The largest absolute Gasteiger partial charge is 0.254 e. The Morgan fingerprint density at radius 3 is 0.804 bits per heavy atom. The van der Waals surface area contributed by atoms with E-state index in [4.69, 9.17) is 0 Å². The number of nitrogens with zero attached hydrogens (tertiary/aromatic N) is 6. The van der Waals surface area contributed by atoms with Crippen molar-refractivity contribution in [2.45, 2.75) is 7.43 Å². The van der Waals surface area contributed by atoms with Gasteiger partial charge in [0.15, 0.2) is 0 Å². The maximum Gasteiger partial charge on any atom is 0.0964 e. The second kappa shape index (κ2) is 17.1. The molecule has 7 heteroatoms. The van der Waals surface area contributed by atoms with Crippen LogP contribution in [0.25, 0.3) is 88.2 Å². The number of benzene rings is 5. The van der Waals surface area contributed by atoms with Crippen LogP contribution >= 0.6 is 0 Å². The topological polar surface area (TPSA) is 77.3 Å². The number of hydrogen-bond donors (Lipinski definition) is 0. The third-order valence-corrected chi connectivity index (χ3v) is 9.26. The van der Waals surface area contributed by atoms with Crippen LogP contribution in [0.3, 0.4) is 0 Å². The summed E-state index contributed by atoms with van der Waals surface area (Å²) < 4.78 is 0. The first-order valence-electron chi connectivity index (χ1n) is 17.8. The minimum absolute atomic E-state index is 0. The van der Waals surface area contributed by atoms with Gasteiger partial charge in [-0.15, -0.1) is 0 Å². The van der Waals surface area contributed by atoms with Crippen LogP contribution < -0.4 is 0 Å². The minimum Gasteiger partial charge on any atom is -0.254 e. The number of hydrogen-bond acceptors (Lipinski definition) is 6. The summed E-state index contributed by atoms with van der Waals surface area (Å²) in [5.74, 6) is 0. The van der Waals surface area contributed by atoms with E-state index in [1.54, 1.807) is 12.4 Å². The van der Waals surface area contributed by atoms with Crippen LogP contribution in [0.4, 0.5) is 0 Å². The summed E-state index contributed by atoms with van der Waals surface area (Å²) in [7, 11) is 0. The van der Waals surface area contributed by atoms with Gasteiger partial charge < -0.3 is 0 Å². The Balaban J connectivity index is 0.000000129. The van der Waals surface area contributed by atoms with E-state index < -0.39 is 0 Å². The maximum atomic E-state index is 4.69. The summed E-state index contributed by atoms with van der Waals surface area (Å²) in [6.45, 7) is 0. The van der Waals surface area contributed by atoms with E-state index in [1.165, 1.54) is 0 Å². The zero-order valence-electron chi connectivity index (χ0n) is 29.5. The van der Waals surface area contributed by atoms with Gasteiger partial charge in [0.2, 0.25) is 0 Å². The Hall–Kier alpha value is -6.82. The molecule has 56 heavy (non-hydrogen) atoms. The molecular weight excluding hydrogens is 774 g/mol. The number of aromatic nitrogens is 6. The minimum atomic E-state index is 0. The molecule has 0 saturated carbocycles. The molecule has 0 spiro atoms. The summed E-state index contributed by atoms with van der Waals surface area (Å²) in [4.78, 5) is 27.5. The standard InChI is InChI=1S/2C18H12N2.C12H8N2.CH4.Ru/c2*1-3-7-15-13(5-1)9-11-17(19-15)18-12-10-14-6-2-4-8-16(14)20-18;1-3-9-5-6-10-4-2-8-14-12(10)11(9)13-7-1;;/h2*1-12H;1-8H;1H4;. The summed E-state index contributed by atoms with van der Waals surface area (Å²) >= 11 is 0. The summed E-state index contributed by atoms with van der Waals surface area (Å²) in [5.41, 5.74) is 9.60. The number of rotatable bonds is 2. The quantitative estimate of drug-likeness (QED) is 0.128. The van der Waals surface area contributed by atoms with Gasteiger partial charge in [-0.3, -0.25) is 9.97 Å². The number of fused-ring (bicyclic) bond motifs is 7. The molecule has 6 nitrogen and oxygen atoms in total. The van der Waals surface area contributed by atoms with E-state index in [9.17, 15) is 0 Å². The molecule has 0 amide bonds. The van der Waals surface area contributed by atoms with E-state index in [2.05, 4.69) is 103 Å². The average molecular weight is 810 g/mol. The van der Waals surface area contributed by atoms with Crippen molar-refractivity contribution in [2.24, 2.45) is 0 Å². The second-order valence-corrected chi connectivity index (χ2v) is 12.8. The smallest absolute Gasteiger partial charge is 0.0964 e. The van der Waals surface area contributed by atoms with E-state index in [1.807, 2.05) is 109 Å². The zero-order chi connectivity index (χ0) is 36.1. The van der Waals surface area contributed by atoms with Gasteiger partial charge in [0.1, 0.15) is 0 Å². The molecule has 0 bridgehead atoms. The molecule has 0 atom stereocenters. The van der Waals surface area contributed by atoms with Crippen LogP contribution in [-0.4, -0.2) is 29.9 Å². The predicted octanol–water partition coefficient (Wildman–Crippen LogP) is 12.3. The van der Waals surface area contributed by atoms with Crippen molar-refractivity contribution in [1.29, 1.82) is 0 Å². The molecule has 6 heterocycles. The SMILES string of the molecule is C.[Ru].c1ccc2nc(-c3ccc4ccccc4n3)ccc2c1.c1ccc2nc(-c3ccc4ccccc4n3)ccc2c1.c1cnc2c(c1)ccc1cccnc12. The van der Waals surface area contributed by atoms with Crippen LogP contribution in [0.1, 0.15) is 7.43 Å². The van der Waals surface area contributed by atoms with Gasteiger partial charge in [-0.25, -0.2) is 19.9 Å². The Morgan fingerprint density at radius 1 is 0.250 bits per heavy atom. The molecule has 11 rings (SSSR count). The molecule has 11 aromatic rings. The first-order valence-corrected chi connectivity index (χ1v) is 17.8. The van der Waals surface area contributed by atoms with Crippen LogP contribution in [0, 0.1) is 0 Å². The molecule has 0 unspecified atom stereocenters. The van der Waals surface area contributed by atoms with Crippen molar-refractivity contribution in [3.05, 3.63) is 194 Å². The van der Waals surface area contributed by atoms with Crippen molar-refractivity contribution >= 4 is 65.4 Å². The van der Waals surface area contributed by atoms with Gasteiger partial charge in [-0.05, 0) is 60.7 Å². The van der Waals surface area contributed by atoms with Crippen LogP contribution in [0.2, 0.25) is 0 Å². The van der Waals surface area contributed by atoms with Crippen LogP contribution in [0.5, 0.6) is 0 Å². The van der Waals surface area contributed by atoms with Crippen molar-refractivity contribution in [1.82, 2.24) is 29.9 Å². The third kappa shape index (κ3) is 8.00. The van der Waals surface area contributed by atoms with Crippen molar-refractivity contribution in [3.8, 4) is 22.8 Å². The third-order valence-electron chi connectivity index (χ3n) is 9.26. The van der Waals surface area contributed by atoms with Crippen molar-refractivity contribution < 1.29 is 19.5 Å². The fourth-order valence-corrected chi connectivity index (χ4v) is 6.51. The molecule has 5 aromatic carbocycles. The first-order chi connectivity index (χ1) is 26.7. The Morgan fingerprint density at radius 2 is 0.500 bits per heavy atom. The van der Waals surface area contributed by atoms with Crippen LogP contribution in [0.15, 0.2) is 194 Å². The van der Waals surface area contributed by atoms with Gasteiger partial charge in [-0.1, -0.05) is 129 Å². The Labute approximate surface area is 337 Å². The molecule has 0 saturated heterocycles. The maximum absolute atomic E-state index is 4.69. The molecule has 0 N–H and O–H groups in total. The molecule has 6 aromatic heterocycles. The first kappa shape index (κ1) is 37.5. The van der Waals surface area contributed by atoms with Gasteiger partial charge in [0, 0.05) is 64.2 Å². The number of para-hydroxylation sites is 4. The normalized spacial score (nSPS) is 10.6. The fourth-order valence-electron chi connectivity index (χ4n) is 6.51. The molecular formula is C49H36N6Ru. The predicted molar refractivity (Wildman–Crippen MR) is 229 cm³/mol. The molecule has 0 aliphatic carbocycles. The van der Waals surface area contributed by atoms with Crippen molar-refractivity contribution in [3.63, 3.8) is 0 Å². The van der Waals surface area contributed by atoms with Gasteiger partial charge in [0.05, 0.1) is 55.9 Å². The molecule has 0 aliphatic heterocycles. The monoisotopic (exact) mass is 810 g/mol. The fraction of sp³-hybridized carbons (Fsp3) is 0.0204. The molecule has 0 aliphatic rings. The van der Waals surface area contributed by atoms with E-state index in [0.29, 0.717) is 0 Å². The van der Waals surface area contributed by atoms with Crippen molar-refractivity contribution in [2.75, 3.05) is 0 Å². The molecule has 0 radical (unpaired) electrons. The summed E-state index contributed by atoms with van der Waals surface area (Å²) in [6.07, 6.45) is 3.60. The van der Waals surface area contributed by atoms with E-state index in [-0.39, 0.29) is 26.9 Å². The molecule has 270 valence electrons.